The maximum absolute atomic E-state index is 12.6. The molecule has 0 radical (unpaired) electrons. The van der Waals surface area contributed by atoms with Gasteiger partial charge in [-0.1, -0.05) is 0 Å². The van der Waals surface area contributed by atoms with Crippen molar-refractivity contribution >= 4 is 7.60 Å². The molecular formula is C6H10FO5P. The number of hydrogen-bond donors (Lipinski definition) is 3. The first-order chi connectivity index (χ1) is 5.90. The molecule has 0 aromatic carbocycles. The molecule has 1 saturated heterocycles. The average molecular weight is 212 g/mol. The normalized spacial score (nSPS) is 35.8. The van der Waals surface area contributed by atoms with Crippen molar-refractivity contribution in [2.75, 3.05) is 6.61 Å². The van der Waals surface area contributed by atoms with Crippen molar-refractivity contribution in [2.24, 2.45) is 0 Å². The molecule has 0 spiro atoms. The Hall–Kier alpha value is -0.260. The van der Waals surface area contributed by atoms with Gasteiger partial charge in [0.05, 0.1) is 6.61 Å². The Bertz CT molecular complexity index is 249. The third-order valence-corrected chi connectivity index (χ3v) is 2.19. The van der Waals surface area contributed by atoms with Gasteiger partial charge in [-0.25, -0.2) is 4.39 Å². The van der Waals surface area contributed by atoms with Gasteiger partial charge >= 0.3 is 7.60 Å². The van der Waals surface area contributed by atoms with Crippen LogP contribution in [0.4, 0.5) is 4.39 Å². The van der Waals surface area contributed by atoms with E-state index in [4.69, 9.17) is 19.6 Å². The summed E-state index contributed by atoms with van der Waals surface area (Å²) in [6.07, 6.45) is -2.83. The van der Waals surface area contributed by atoms with Gasteiger partial charge in [-0.15, -0.1) is 0 Å². The van der Waals surface area contributed by atoms with Gasteiger partial charge in [0.25, 0.3) is 0 Å². The maximum atomic E-state index is 12.6. The van der Waals surface area contributed by atoms with Crippen LogP contribution in [0.1, 0.15) is 0 Å². The number of halogens is 1. The van der Waals surface area contributed by atoms with Crippen LogP contribution in [0, 0.1) is 0 Å². The van der Waals surface area contributed by atoms with Crippen LogP contribution in [-0.4, -0.2) is 39.9 Å². The minimum atomic E-state index is -4.26. The second-order valence-electron chi connectivity index (χ2n) is 2.74. The van der Waals surface area contributed by atoms with E-state index in [2.05, 4.69) is 0 Å². The predicted molar refractivity (Wildman–Crippen MR) is 41.8 cm³/mol. The van der Waals surface area contributed by atoms with Crippen molar-refractivity contribution in [2.45, 2.75) is 18.4 Å². The summed E-state index contributed by atoms with van der Waals surface area (Å²) in [4.78, 5) is 16.8. The first kappa shape index (κ1) is 10.8. The molecule has 76 valence electrons. The van der Waals surface area contributed by atoms with Crippen molar-refractivity contribution < 1.29 is 28.6 Å². The third-order valence-electron chi connectivity index (χ3n) is 1.63. The van der Waals surface area contributed by atoms with E-state index in [1.54, 1.807) is 0 Å². The van der Waals surface area contributed by atoms with E-state index in [-0.39, 0.29) is 6.61 Å². The Morgan fingerprint density at radius 1 is 1.54 bits per heavy atom. The zero-order valence-corrected chi connectivity index (χ0v) is 7.47. The van der Waals surface area contributed by atoms with Crippen LogP contribution in [0.5, 0.6) is 0 Å². The Labute approximate surface area is 74.0 Å². The summed E-state index contributed by atoms with van der Waals surface area (Å²) in [7, 11) is -4.26. The minimum Gasteiger partial charge on any atom is -0.387 e. The van der Waals surface area contributed by atoms with Gasteiger partial charge in [0.1, 0.15) is 12.2 Å². The fourth-order valence-electron chi connectivity index (χ4n) is 0.972. The summed E-state index contributed by atoms with van der Waals surface area (Å²) in [6.45, 7) is -0.253. The lowest BCUT2D eigenvalue weighted by Gasteiger charge is -2.08. The van der Waals surface area contributed by atoms with E-state index >= 15 is 0 Å². The van der Waals surface area contributed by atoms with Gasteiger partial charge < -0.3 is 19.6 Å². The van der Waals surface area contributed by atoms with Crippen molar-refractivity contribution in [1.82, 2.24) is 0 Å². The van der Waals surface area contributed by atoms with E-state index in [0.717, 1.165) is 6.08 Å². The van der Waals surface area contributed by atoms with Crippen LogP contribution in [-0.2, 0) is 9.30 Å². The molecule has 0 aromatic heterocycles. The van der Waals surface area contributed by atoms with Gasteiger partial charge in [0.15, 0.2) is 6.17 Å². The lowest BCUT2D eigenvalue weighted by molar-refractivity contribution is 0.0661. The van der Waals surface area contributed by atoms with Gasteiger partial charge in [-0.05, 0) is 6.08 Å². The van der Waals surface area contributed by atoms with Crippen LogP contribution in [0.3, 0.4) is 0 Å². The Kier molecular flexibility index (Phi) is 3.21. The van der Waals surface area contributed by atoms with Crippen LogP contribution >= 0.6 is 7.60 Å². The highest BCUT2D eigenvalue weighted by Crippen LogP contribution is 2.36. The number of aliphatic hydroxyl groups excluding tert-OH is 1. The summed E-state index contributed by atoms with van der Waals surface area (Å²) < 4.78 is 27.7. The second kappa shape index (κ2) is 3.86. The molecule has 5 nitrogen and oxygen atoms in total. The highest BCUT2D eigenvalue weighted by Gasteiger charge is 2.34. The zero-order valence-electron chi connectivity index (χ0n) is 6.58. The highest BCUT2D eigenvalue weighted by molar-refractivity contribution is 7.55. The SMILES string of the molecule is O=P(O)(O)/C=C/[C@H]1OC[C@H](F)[C@@H]1O. The van der Waals surface area contributed by atoms with E-state index in [1.165, 1.54) is 0 Å². The first-order valence-electron chi connectivity index (χ1n) is 3.58. The van der Waals surface area contributed by atoms with Crippen molar-refractivity contribution in [1.29, 1.82) is 0 Å². The highest BCUT2D eigenvalue weighted by atomic mass is 31.2. The molecular weight excluding hydrogens is 202 g/mol. The standard InChI is InChI=1S/C6H10FO5P/c7-4-3-12-5(6(4)8)1-2-13(9,10)11/h1-2,4-6,8H,3H2,(H2,9,10,11)/b2-1+/t4-,5+,6-/m0/s1. The molecule has 3 N–H and O–H groups in total. The van der Waals surface area contributed by atoms with Gasteiger partial charge in [0, 0.05) is 5.82 Å². The van der Waals surface area contributed by atoms with Crippen LogP contribution in [0.25, 0.3) is 0 Å². The molecule has 3 atom stereocenters. The van der Waals surface area contributed by atoms with Crippen molar-refractivity contribution in [3.8, 4) is 0 Å². The number of rotatable bonds is 2. The van der Waals surface area contributed by atoms with E-state index in [9.17, 15) is 8.96 Å². The predicted octanol–water partition coefficient (Wildman–Crippen LogP) is -0.224. The van der Waals surface area contributed by atoms with Gasteiger partial charge in [-0.2, -0.15) is 0 Å². The fourth-order valence-corrected chi connectivity index (χ4v) is 1.37. The summed E-state index contributed by atoms with van der Waals surface area (Å²) in [5.41, 5.74) is 0. The fraction of sp³-hybridized carbons (Fsp3) is 0.667. The quantitative estimate of drug-likeness (QED) is 0.550. The molecule has 0 saturated carbocycles. The molecule has 0 aromatic rings. The monoisotopic (exact) mass is 212 g/mol. The number of aliphatic hydroxyl groups is 1. The summed E-state index contributed by atoms with van der Waals surface area (Å²) in [6, 6.07) is 0. The lowest BCUT2D eigenvalue weighted by atomic mass is 10.2. The molecule has 1 rings (SSSR count). The molecule has 1 aliphatic rings. The summed E-state index contributed by atoms with van der Waals surface area (Å²) in [5.74, 6) is 0.596. The molecule has 0 bridgehead atoms. The van der Waals surface area contributed by atoms with Gasteiger partial charge in [0.2, 0.25) is 0 Å². The van der Waals surface area contributed by atoms with Crippen LogP contribution in [0.15, 0.2) is 11.9 Å². The maximum Gasteiger partial charge on any atom is 0.348 e. The molecule has 13 heavy (non-hydrogen) atoms. The Morgan fingerprint density at radius 3 is 2.54 bits per heavy atom. The molecule has 0 aliphatic carbocycles. The van der Waals surface area contributed by atoms with Crippen LogP contribution < -0.4 is 0 Å². The molecule has 1 aliphatic heterocycles. The molecule has 1 fully saturated rings. The molecule has 7 heteroatoms. The Morgan fingerprint density at radius 2 is 2.15 bits per heavy atom. The number of ether oxygens (including phenoxy) is 1. The first-order valence-corrected chi connectivity index (χ1v) is 5.26. The average Bonchev–Trinajstić information content (AvgIpc) is 2.29. The number of hydrogen-bond acceptors (Lipinski definition) is 3. The lowest BCUT2D eigenvalue weighted by Crippen LogP contribution is -2.25. The largest absolute Gasteiger partial charge is 0.387 e. The minimum absolute atomic E-state index is 0.253. The molecule has 1 heterocycles. The zero-order chi connectivity index (χ0) is 10.1. The van der Waals surface area contributed by atoms with Crippen LogP contribution in [0.2, 0.25) is 0 Å². The van der Waals surface area contributed by atoms with E-state index in [0.29, 0.717) is 5.82 Å². The van der Waals surface area contributed by atoms with Crippen molar-refractivity contribution in [3.63, 3.8) is 0 Å². The van der Waals surface area contributed by atoms with Crippen molar-refractivity contribution in [3.05, 3.63) is 11.9 Å². The topological polar surface area (TPSA) is 87.0 Å². The van der Waals surface area contributed by atoms with Gasteiger partial charge in [-0.3, -0.25) is 4.57 Å². The molecule has 0 amide bonds. The third kappa shape index (κ3) is 3.17. The summed E-state index contributed by atoms with van der Waals surface area (Å²) >= 11 is 0. The summed E-state index contributed by atoms with van der Waals surface area (Å²) in [5, 5.41) is 9.05. The Balaban J connectivity index is 2.56. The molecule has 0 unspecified atom stereocenters. The smallest absolute Gasteiger partial charge is 0.348 e. The van der Waals surface area contributed by atoms with E-state index in [1.807, 2.05) is 0 Å². The number of alkyl halides is 1. The van der Waals surface area contributed by atoms with E-state index < -0.39 is 26.0 Å². The second-order valence-corrected chi connectivity index (χ2v) is 4.21.